The summed E-state index contributed by atoms with van der Waals surface area (Å²) in [6, 6.07) is 6.93. The van der Waals surface area contributed by atoms with Gasteiger partial charge in [0.05, 0.1) is 0 Å². The van der Waals surface area contributed by atoms with Crippen LogP contribution in [0, 0.1) is 5.82 Å². The summed E-state index contributed by atoms with van der Waals surface area (Å²) in [5, 5.41) is 3.36. The third-order valence-electron chi connectivity index (χ3n) is 3.90. The van der Waals surface area contributed by atoms with Gasteiger partial charge >= 0.3 is 0 Å². The minimum atomic E-state index is -0.236. The van der Waals surface area contributed by atoms with Crippen LogP contribution < -0.4 is 5.32 Å². The minimum absolute atomic E-state index is 0.185. The Morgan fingerprint density at radius 3 is 2.74 bits per heavy atom. The van der Waals surface area contributed by atoms with Gasteiger partial charge in [0.2, 0.25) is 5.91 Å². The van der Waals surface area contributed by atoms with Crippen LogP contribution in [0.4, 0.5) is 4.39 Å². The zero-order valence-corrected chi connectivity index (χ0v) is 11.5. The van der Waals surface area contributed by atoms with Crippen LogP contribution in [-0.4, -0.2) is 36.0 Å². The Kier molecular flexibility index (Phi) is 4.53. The maximum Gasteiger partial charge on any atom is 0.223 e. The van der Waals surface area contributed by atoms with E-state index in [9.17, 15) is 9.18 Å². The van der Waals surface area contributed by atoms with Gasteiger partial charge in [-0.3, -0.25) is 4.79 Å². The van der Waals surface area contributed by atoms with Crippen molar-refractivity contribution in [3.05, 3.63) is 35.6 Å². The quantitative estimate of drug-likeness (QED) is 0.905. The number of carbonyl (C=O) groups excluding carboxylic acids is 1. The fourth-order valence-electron chi connectivity index (χ4n) is 2.45. The Balaban J connectivity index is 1.88. The van der Waals surface area contributed by atoms with Crippen molar-refractivity contribution < 1.29 is 9.18 Å². The van der Waals surface area contributed by atoms with Crippen molar-refractivity contribution in [2.24, 2.45) is 0 Å². The number of nitrogens with one attached hydrogen (secondary N) is 1. The zero-order valence-electron chi connectivity index (χ0n) is 11.5. The zero-order chi connectivity index (χ0) is 13.8. The highest BCUT2D eigenvalue weighted by Gasteiger charge is 2.27. The van der Waals surface area contributed by atoms with Gasteiger partial charge in [0.1, 0.15) is 5.82 Å². The van der Waals surface area contributed by atoms with E-state index in [4.69, 9.17) is 0 Å². The molecule has 1 aromatic rings. The molecule has 0 saturated carbocycles. The first-order chi connectivity index (χ1) is 9.08. The molecule has 104 valence electrons. The van der Waals surface area contributed by atoms with E-state index in [1.807, 2.05) is 4.90 Å². The van der Waals surface area contributed by atoms with E-state index in [0.717, 1.165) is 18.7 Å². The number of carbonyl (C=O) groups is 1. The van der Waals surface area contributed by atoms with Crippen LogP contribution >= 0.6 is 0 Å². The van der Waals surface area contributed by atoms with E-state index in [1.165, 1.54) is 12.1 Å². The molecule has 19 heavy (non-hydrogen) atoms. The largest absolute Gasteiger partial charge is 0.337 e. The van der Waals surface area contributed by atoms with Crippen molar-refractivity contribution in [3.63, 3.8) is 0 Å². The van der Waals surface area contributed by atoms with Crippen molar-refractivity contribution in [3.8, 4) is 0 Å². The summed E-state index contributed by atoms with van der Waals surface area (Å²) >= 11 is 0. The summed E-state index contributed by atoms with van der Waals surface area (Å²) in [4.78, 5) is 14.2. The van der Waals surface area contributed by atoms with Gasteiger partial charge in [-0.1, -0.05) is 12.1 Å². The molecule has 0 bridgehead atoms. The van der Waals surface area contributed by atoms with Crippen LogP contribution in [-0.2, 0) is 11.2 Å². The highest BCUT2D eigenvalue weighted by atomic mass is 19.1. The molecule has 1 aromatic carbocycles. The fraction of sp³-hybridized carbons (Fsp3) is 0.533. The fourth-order valence-corrected chi connectivity index (χ4v) is 2.45. The highest BCUT2D eigenvalue weighted by molar-refractivity contribution is 5.77. The molecule has 2 unspecified atom stereocenters. The Bertz CT molecular complexity index is 432. The number of nitrogens with zero attached hydrogens (tertiary/aromatic N) is 1. The second kappa shape index (κ2) is 6.15. The monoisotopic (exact) mass is 264 g/mol. The topological polar surface area (TPSA) is 32.3 Å². The van der Waals surface area contributed by atoms with Crippen LogP contribution in [0.1, 0.15) is 25.8 Å². The predicted octanol–water partition coefficient (Wildman–Crippen LogP) is 1.97. The van der Waals surface area contributed by atoms with Crippen molar-refractivity contribution in [1.29, 1.82) is 0 Å². The average molecular weight is 264 g/mol. The molecule has 0 aromatic heterocycles. The lowest BCUT2D eigenvalue weighted by atomic mass is 10.0. The first-order valence-corrected chi connectivity index (χ1v) is 6.85. The first kappa shape index (κ1) is 14.0. The molecule has 1 heterocycles. The predicted molar refractivity (Wildman–Crippen MR) is 73.4 cm³/mol. The molecular formula is C15H21FN2O. The van der Waals surface area contributed by atoms with Gasteiger partial charge in [-0.25, -0.2) is 4.39 Å². The van der Waals surface area contributed by atoms with Crippen LogP contribution in [0.3, 0.4) is 0 Å². The molecule has 1 saturated heterocycles. The lowest BCUT2D eigenvalue weighted by Gasteiger charge is -2.38. The maximum atomic E-state index is 12.8. The van der Waals surface area contributed by atoms with Crippen LogP contribution in [0.15, 0.2) is 24.3 Å². The van der Waals surface area contributed by atoms with E-state index in [1.54, 1.807) is 12.1 Å². The molecule has 0 aliphatic carbocycles. The summed E-state index contributed by atoms with van der Waals surface area (Å²) in [7, 11) is 0. The Labute approximate surface area is 113 Å². The molecule has 1 N–H and O–H groups in total. The molecule has 0 radical (unpaired) electrons. The summed E-state index contributed by atoms with van der Waals surface area (Å²) < 4.78 is 12.8. The summed E-state index contributed by atoms with van der Waals surface area (Å²) in [5.74, 6) is -0.0511. The second-order valence-electron chi connectivity index (χ2n) is 5.20. The lowest BCUT2D eigenvalue weighted by molar-refractivity contribution is -0.134. The number of aryl methyl sites for hydroxylation is 1. The SMILES string of the molecule is CC1NCCN(C(=O)CCc2ccc(F)cc2)C1C. The van der Waals surface area contributed by atoms with Crippen molar-refractivity contribution in [2.75, 3.05) is 13.1 Å². The Hall–Kier alpha value is -1.42. The summed E-state index contributed by atoms with van der Waals surface area (Å²) in [6.07, 6.45) is 1.16. The molecule has 2 atom stereocenters. The maximum absolute atomic E-state index is 12.8. The number of hydrogen-bond donors (Lipinski definition) is 1. The Morgan fingerprint density at radius 1 is 1.37 bits per heavy atom. The standard InChI is InChI=1S/C15H21FN2O/c1-11-12(2)18(10-9-17-11)15(19)8-5-13-3-6-14(16)7-4-13/h3-4,6-7,11-12,17H,5,8-10H2,1-2H3. The van der Waals surface area contributed by atoms with Crippen LogP contribution in [0.25, 0.3) is 0 Å². The smallest absolute Gasteiger partial charge is 0.223 e. The second-order valence-corrected chi connectivity index (χ2v) is 5.20. The number of hydrogen-bond acceptors (Lipinski definition) is 2. The van der Waals surface area contributed by atoms with Crippen molar-refractivity contribution >= 4 is 5.91 Å². The lowest BCUT2D eigenvalue weighted by Crippen LogP contribution is -2.57. The van der Waals surface area contributed by atoms with Gasteiger partial charge in [-0.15, -0.1) is 0 Å². The molecule has 1 aliphatic heterocycles. The molecular weight excluding hydrogens is 243 g/mol. The molecule has 1 aliphatic rings. The van der Waals surface area contributed by atoms with Gasteiger partial charge in [-0.05, 0) is 38.0 Å². The van der Waals surface area contributed by atoms with E-state index in [-0.39, 0.29) is 17.8 Å². The third kappa shape index (κ3) is 3.53. The molecule has 1 fully saturated rings. The van der Waals surface area contributed by atoms with E-state index in [2.05, 4.69) is 19.2 Å². The van der Waals surface area contributed by atoms with Gasteiger partial charge in [-0.2, -0.15) is 0 Å². The number of benzene rings is 1. The highest BCUT2D eigenvalue weighted by Crippen LogP contribution is 2.12. The first-order valence-electron chi connectivity index (χ1n) is 6.85. The van der Waals surface area contributed by atoms with Crippen LogP contribution in [0.5, 0.6) is 0 Å². The number of halogens is 1. The van der Waals surface area contributed by atoms with Gasteiger partial charge < -0.3 is 10.2 Å². The van der Waals surface area contributed by atoms with Gasteiger partial charge in [0, 0.05) is 31.6 Å². The number of amides is 1. The Morgan fingerprint density at radius 2 is 2.05 bits per heavy atom. The molecule has 3 nitrogen and oxygen atoms in total. The normalized spacial score (nSPS) is 23.4. The van der Waals surface area contributed by atoms with Gasteiger partial charge in [0.25, 0.3) is 0 Å². The van der Waals surface area contributed by atoms with Crippen molar-refractivity contribution in [2.45, 2.75) is 38.8 Å². The van der Waals surface area contributed by atoms with Crippen molar-refractivity contribution in [1.82, 2.24) is 10.2 Å². The number of rotatable bonds is 3. The summed E-state index contributed by atoms with van der Waals surface area (Å²) in [5.41, 5.74) is 1.01. The molecule has 0 spiro atoms. The van der Waals surface area contributed by atoms with E-state index < -0.39 is 0 Å². The van der Waals surface area contributed by atoms with Gasteiger partial charge in [0.15, 0.2) is 0 Å². The molecule has 4 heteroatoms. The minimum Gasteiger partial charge on any atom is -0.337 e. The number of piperazine rings is 1. The summed E-state index contributed by atoms with van der Waals surface area (Å²) in [6.45, 7) is 5.80. The van der Waals surface area contributed by atoms with Crippen LogP contribution in [0.2, 0.25) is 0 Å². The van der Waals surface area contributed by atoms with E-state index in [0.29, 0.717) is 18.9 Å². The molecule has 1 amide bonds. The average Bonchev–Trinajstić information content (AvgIpc) is 2.41. The molecule has 2 rings (SSSR count). The third-order valence-corrected chi connectivity index (χ3v) is 3.90. The van der Waals surface area contributed by atoms with E-state index >= 15 is 0 Å².